The summed E-state index contributed by atoms with van der Waals surface area (Å²) in [6.45, 7) is 5.93. The molecule has 0 spiro atoms. The van der Waals surface area contributed by atoms with Gasteiger partial charge in [0.05, 0.1) is 6.54 Å². The molecule has 1 aromatic carbocycles. The Kier molecular flexibility index (Phi) is 4.94. The van der Waals surface area contributed by atoms with E-state index < -0.39 is 0 Å². The quantitative estimate of drug-likeness (QED) is 0.792. The van der Waals surface area contributed by atoms with E-state index in [-0.39, 0.29) is 0 Å². The van der Waals surface area contributed by atoms with Gasteiger partial charge in [-0.15, -0.1) is 10.2 Å². The Morgan fingerprint density at radius 2 is 2.32 bits per heavy atom. The van der Waals surface area contributed by atoms with Gasteiger partial charge in [0.25, 0.3) is 0 Å². The van der Waals surface area contributed by atoms with E-state index >= 15 is 0 Å². The van der Waals surface area contributed by atoms with E-state index in [1.165, 1.54) is 0 Å². The monoisotopic (exact) mass is 332 g/mol. The lowest BCUT2D eigenvalue weighted by Crippen LogP contribution is -2.52. The van der Waals surface area contributed by atoms with E-state index in [9.17, 15) is 0 Å². The molecule has 0 amide bonds. The molecule has 0 bridgehead atoms. The van der Waals surface area contributed by atoms with E-state index in [1.807, 2.05) is 24.3 Å². The number of aromatic nitrogens is 2. The predicted octanol–water partition coefficient (Wildman–Crippen LogP) is 2.75. The molecule has 1 atom stereocenters. The summed E-state index contributed by atoms with van der Waals surface area (Å²) in [6.07, 6.45) is 0. The van der Waals surface area contributed by atoms with Crippen molar-refractivity contribution in [3.63, 3.8) is 0 Å². The Balaban J connectivity index is 1.56. The molecule has 1 aromatic heterocycles. The minimum atomic E-state index is 0.450. The lowest BCUT2D eigenvalue weighted by molar-refractivity contribution is 0.213. The van der Waals surface area contributed by atoms with Crippen LogP contribution in [0.15, 0.2) is 29.8 Å². The van der Waals surface area contributed by atoms with Crippen molar-refractivity contribution >= 4 is 28.1 Å². The van der Waals surface area contributed by atoms with Crippen LogP contribution in [0.4, 0.5) is 5.13 Å². The van der Waals surface area contributed by atoms with Crippen molar-refractivity contribution in [3.05, 3.63) is 40.4 Å². The third-order valence-electron chi connectivity index (χ3n) is 3.72. The lowest BCUT2D eigenvalue weighted by atomic mass is 10.2. The molecule has 1 fully saturated rings. The average Bonchev–Trinajstić information content (AvgIpc) is 3.03. The molecule has 3 rings (SSSR count). The van der Waals surface area contributed by atoms with Crippen LogP contribution in [0.2, 0.25) is 5.02 Å². The number of halogens is 1. The summed E-state index contributed by atoms with van der Waals surface area (Å²) in [5, 5.41) is 9.80. The second-order valence-electron chi connectivity index (χ2n) is 5.30. The first-order valence-electron chi connectivity index (χ1n) is 7.22. The molecule has 6 heteroatoms. The van der Waals surface area contributed by atoms with Crippen molar-refractivity contribution in [1.82, 2.24) is 15.1 Å². The molecule has 1 saturated heterocycles. The first-order valence-corrected chi connectivity index (χ1v) is 8.48. The van der Waals surface area contributed by atoms with E-state index in [1.54, 1.807) is 16.8 Å². The number of hydrogen-bond donors (Lipinski definition) is 0. The van der Waals surface area contributed by atoms with Crippen LogP contribution in [-0.2, 0) is 0 Å². The van der Waals surface area contributed by atoms with Crippen molar-refractivity contribution in [2.45, 2.75) is 13.0 Å². The van der Waals surface area contributed by atoms with Crippen LogP contribution < -0.4 is 4.90 Å². The maximum atomic E-state index is 5.97. The predicted molar refractivity (Wildman–Crippen MR) is 91.5 cm³/mol. The summed E-state index contributed by atoms with van der Waals surface area (Å²) in [4.78, 5) is 4.69. The fourth-order valence-corrected chi connectivity index (χ4v) is 3.31. The molecule has 2 aromatic rings. The molecule has 0 N–H and O–H groups in total. The van der Waals surface area contributed by atoms with Crippen LogP contribution in [-0.4, -0.2) is 47.3 Å². The second kappa shape index (κ2) is 7.10. The van der Waals surface area contributed by atoms with Crippen molar-refractivity contribution in [2.24, 2.45) is 0 Å². The smallest absolute Gasteiger partial charge is 0.208 e. The van der Waals surface area contributed by atoms with Gasteiger partial charge < -0.3 is 4.90 Å². The molecule has 114 valence electrons. The summed E-state index contributed by atoms with van der Waals surface area (Å²) >= 11 is 7.56. The molecule has 4 nitrogen and oxygen atoms in total. The molecule has 0 saturated carbocycles. The summed E-state index contributed by atoms with van der Waals surface area (Å²) in [7, 11) is 0. The summed E-state index contributed by atoms with van der Waals surface area (Å²) < 4.78 is 0. The summed E-state index contributed by atoms with van der Waals surface area (Å²) in [5.41, 5.74) is 2.75. The molecule has 2 heterocycles. The van der Waals surface area contributed by atoms with E-state index in [4.69, 9.17) is 11.6 Å². The van der Waals surface area contributed by atoms with E-state index in [0.29, 0.717) is 6.04 Å². The Morgan fingerprint density at radius 3 is 3.05 bits per heavy atom. The van der Waals surface area contributed by atoms with Gasteiger partial charge in [0, 0.05) is 36.3 Å². The minimum Gasteiger partial charge on any atom is -0.344 e. The van der Waals surface area contributed by atoms with Gasteiger partial charge in [-0.2, -0.15) is 0 Å². The highest BCUT2D eigenvalue weighted by Crippen LogP contribution is 2.19. The first kappa shape index (κ1) is 15.3. The second-order valence-corrected chi connectivity index (χ2v) is 6.55. The van der Waals surface area contributed by atoms with E-state index in [0.717, 1.165) is 41.9 Å². The van der Waals surface area contributed by atoms with Crippen LogP contribution in [0.5, 0.6) is 0 Å². The molecule has 1 aliphatic heterocycles. The van der Waals surface area contributed by atoms with Gasteiger partial charge in [-0.05, 0) is 25.1 Å². The highest BCUT2D eigenvalue weighted by atomic mass is 35.5. The third kappa shape index (κ3) is 3.77. The number of benzene rings is 1. The average molecular weight is 333 g/mol. The fourth-order valence-electron chi connectivity index (χ4n) is 2.52. The molecular weight excluding hydrogens is 316 g/mol. The van der Waals surface area contributed by atoms with Gasteiger partial charge in [0.1, 0.15) is 5.51 Å². The van der Waals surface area contributed by atoms with Crippen LogP contribution in [0.25, 0.3) is 0 Å². The fraction of sp³-hybridized carbons (Fsp3) is 0.375. The SMILES string of the molecule is CC1CN(c2nncs2)CCN1CC#Cc1cccc(Cl)c1. The van der Waals surface area contributed by atoms with Crippen molar-refractivity contribution in [2.75, 3.05) is 31.1 Å². The molecular formula is C16H17ClN4S. The summed E-state index contributed by atoms with van der Waals surface area (Å²) in [5.74, 6) is 6.43. The number of piperazine rings is 1. The zero-order valence-electron chi connectivity index (χ0n) is 12.4. The topological polar surface area (TPSA) is 32.3 Å². The maximum absolute atomic E-state index is 5.97. The molecule has 0 aliphatic carbocycles. The van der Waals surface area contributed by atoms with E-state index in [2.05, 4.69) is 38.8 Å². The largest absolute Gasteiger partial charge is 0.344 e. The Hall–Kier alpha value is -1.61. The van der Waals surface area contributed by atoms with Gasteiger partial charge in [-0.1, -0.05) is 40.8 Å². The van der Waals surface area contributed by atoms with Crippen LogP contribution >= 0.6 is 22.9 Å². The van der Waals surface area contributed by atoms with Crippen LogP contribution in [0.3, 0.4) is 0 Å². The van der Waals surface area contributed by atoms with Crippen molar-refractivity contribution < 1.29 is 0 Å². The van der Waals surface area contributed by atoms with Crippen molar-refractivity contribution in [1.29, 1.82) is 0 Å². The zero-order valence-corrected chi connectivity index (χ0v) is 13.9. The van der Waals surface area contributed by atoms with Gasteiger partial charge in [-0.3, -0.25) is 4.90 Å². The molecule has 22 heavy (non-hydrogen) atoms. The molecule has 1 unspecified atom stereocenters. The Bertz CT molecular complexity index is 677. The van der Waals surface area contributed by atoms with Gasteiger partial charge in [-0.25, -0.2) is 0 Å². The van der Waals surface area contributed by atoms with Crippen molar-refractivity contribution in [3.8, 4) is 11.8 Å². The number of nitrogens with zero attached hydrogens (tertiary/aromatic N) is 4. The van der Waals surface area contributed by atoms with Crippen LogP contribution in [0, 0.1) is 11.8 Å². The highest BCUT2D eigenvalue weighted by molar-refractivity contribution is 7.13. The summed E-state index contributed by atoms with van der Waals surface area (Å²) in [6, 6.07) is 8.12. The third-order valence-corrected chi connectivity index (χ3v) is 4.71. The van der Waals surface area contributed by atoms with Crippen LogP contribution in [0.1, 0.15) is 12.5 Å². The number of hydrogen-bond acceptors (Lipinski definition) is 5. The molecule has 0 radical (unpaired) electrons. The standard InChI is InChI=1S/C16H17ClN4S/c1-13-11-21(16-19-18-12-22-16)9-8-20(13)7-3-5-14-4-2-6-15(17)10-14/h2,4,6,10,12-13H,7-9,11H2,1H3. The lowest BCUT2D eigenvalue weighted by Gasteiger charge is -2.38. The maximum Gasteiger partial charge on any atom is 0.208 e. The number of rotatable bonds is 2. The molecule has 1 aliphatic rings. The normalized spacial score (nSPS) is 18.8. The van der Waals surface area contributed by atoms with Gasteiger partial charge >= 0.3 is 0 Å². The zero-order chi connectivity index (χ0) is 15.4. The minimum absolute atomic E-state index is 0.450. The first-order chi connectivity index (χ1) is 10.7. The highest BCUT2D eigenvalue weighted by Gasteiger charge is 2.24. The van der Waals surface area contributed by atoms with Gasteiger partial charge in [0.2, 0.25) is 5.13 Å². The number of anilines is 1. The van der Waals surface area contributed by atoms with Gasteiger partial charge in [0.15, 0.2) is 0 Å². The Morgan fingerprint density at radius 1 is 1.41 bits per heavy atom. The Labute approximate surface area is 139 Å².